The predicted octanol–water partition coefficient (Wildman–Crippen LogP) is 0.984. The van der Waals surface area contributed by atoms with Gasteiger partial charge in [-0.1, -0.05) is 11.1 Å². The van der Waals surface area contributed by atoms with E-state index in [1.54, 1.807) is 0 Å². The third kappa shape index (κ3) is 17.7. The summed E-state index contributed by atoms with van der Waals surface area (Å²) in [5.74, 6) is -4.26. The molecule has 8 heteroatoms. The zero-order chi connectivity index (χ0) is 16.3. The number of aliphatic carboxylic acids is 4. The Balaban J connectivity index is 0. The summed E-state index contributed by atoms with van der Waals surface area (Å²) >= 11 is 0. The van der Waals surface area contributed by atoms with Crippen molar-refractivity contribution in [1.82, 2.24) is 0 Å². The molecule has 0 amide bonds. The van der Waals surface area contributed by atoms with Crippen LogP contribution in [0.25, 0.3) is 0 Å². The molecule has 0 aromatic carbocycles. The minimum Gasteiger partial charge on any atom is -0.481 e. The molecule has 0 unspecified atom stereocenters. The summed E-state index contributed by atoms with van der Waals surface area (Å²) in [5, 5.41) is 32.6. The van der Waals surface area contributed by atoms with Gasteiger partial charge >= 0.3 is 23.9 Å². The van der Waals surface area contributed by atoms with E-state index in [-0.39, 0.29) is 12.8 Å². The standard InChI is InChI=1S/2C6H8O4/c2*1-4(2-5(7)8)3-6(9)10/h2*2H,3H2,1H3,(H,7,8)(H,9,10). The molecule has 0 aromatic heterocycles. The maximum Gasteiger partial charge on any atom is 0.328 e. The first kappa shape index (κ1) is 19.7. The van der Waals surface area contributed by atoms with Gasteiger partial charge in [0.2, 0.25) is 0 Å². The molecule has 0 aliphatic heterocycles. The van der Waals surface area contributed by atoms with Gasteiger partial charge in [0.05, 0.1) is 12.8 Å². The Kier molecular flexibility index (Phi) is 10.1. The van der Waals surface area contributed by atoms with Crippen LogP contribution in [-0.2, 0) is 19.2 Å². The Morgan fingerprint density at radius 2 is 0.950 bits per heavy atom. The number of rotatable bonds is 6. The molecule has 8 nitrogen and oxygen atoms in total. The molecule has 20 heavy (non-hydrogen) atoms. The molecule has 112 valence electrons. The smallest absolute Gasteiger partial charge is 0.328 e. The van der Waals surface area contributed by atoms with E-state index in [4.69, 9.17) is 20.4 Å². The lowest BCUT2D eigenvalue weighted by Gasteiger charge is -1.91. The molecule has 0 aliphatic carbocycles. The topological polar surface area (TPSA) is 149 Å². The van der Waals surface area contributed by atoms with E-state index in [9.17, 15) is 19.2 Å². The molecule has 0 aromatic rings. The van der Waals surface area contributed by atoms with Crippen LogP contribution in [0.15, 0.2) is 23.3 Å². The van der Waals surface area contributed by atoms with Gasteiger partial charge in [0.1, 0.15) is 0 Å². The van der Waals surface area contributed by atoms with Gasteiger partial charge in [-0.3, -0.25) is 9.59 Å². The molecule has 0 heterocycles. The Morgan fingerprint density at radius 3 is 1.10 bits per heavy atom. The van der Waals surface area contributed by atoms with Crippen LogP contribution in [0.2, 0.25) is 0 Å². The number of carbonyl (C=O) groups is 4. The van der Waals surface area contributed by atoms with Crippen molar-refractivity contribution in [3.8, 4) is 0 Å². The summed E-state index contributed by atoms with van der Waals surface area (Å²) in [5.41, 5.74) is 0.667. The third-order valence-corrected chi connectivity index (χ3v) is 1.60. The fourth-order valence-electron chi connectivity index (χ4n) is 1.00. The lowest BCUT2D eigenvalue weighted by Crippen LogP contribution is -1.97. The van der Waals surface area contributed by atoms with Gasteiger partial charge in [0.15, 0.2) is 0 Å². The largest absolute Gasteiger partial charge is 0.481 e. The molecular weight excluding hydrogens is 272 g/mol. The maximum absolute atomic E-state index is 9.96. The van der Waals surface area contributed by atoms with Crippen LogP contribution in [0.3, 0.4) is 0 Å². The van der Waals surface area contributed by atoms with Gasteiger partial charge in [-0.05, 0) is 13.8 Å². The quantitative estimate of drug-likeness (QED) is 0.528. The minimum atomic E-state index is -1.11. The van der Waals surface area contributed by atoms with Crippen molar-refractivity contribution in [2.24, 2.45) is 0 Å². The van der Waals surface area contributed by atoms with Crippen LogP contribution in [0.5, 0.6) is 0 Å². The highest BCUT2D eigenvalue weighted by molar-refractivity contribution is 5.82. The lowest BCUT2D eigenvalue weighted by molar-refractivity contribution is -0.137. The molecule has 0 saturated heterocycles. The molecule has 0 aliphatic rings. The van der Waals surface area contributed by atoms with Crippen molar-refractivity contribution in [1.29, 1.82) is 0 Å². The summed E-state index contributed by atoms with van der Waals surface area (Å²) in [6.07, 6.45) is 1.33. The molecule has 0 saturated carbocycles. The van der Waals surface area contributed by atoms with E-state index < -0.39 is 23.9 Å². The number of hydrogen-bond donors (Lipinski definition) is 4. The van der Waals surface area contributed by atoms with Crippen LogP contribution in [0.1, 0.15) is 26.7 Å². The summed E-state index contributed by atoms with van der Waals surface area (Å²) in [4.78, 5) is 39.8. The van der Waals surface area contributed by atoms with Crippen molar-refractivity contribution < 1.29 is 39.6 Å². The molecule has 4 N–H and O–H groups in total. The van der Waals surface area contributed by atoms with Crippen LogP contribution in [-0.4, -0.2) is 44.3 Å². The Hall–Kier alpha value is -2.64. The normalized spacial score (nSPS) is 11.1. The van der Waals surface area contributed by atoms with Gasteiger partial charge in [-0.2, -0.15) is 0 Å². The van der Waals surface area contributed by atoms with Gasteiger partial charge in [0.25, 0.3) is 0 Å². The van der Waals surface area contributed by atoms with Crippen LogP contribution in [0, 0.1) is 0 Å². The second kappa shape index (κ2) is 10.3. The van der Waals surface area contributed by atoms with Crippen LogP contribution < -0.4 is 0 Å². The average molecular weight is 288 g/mol. The SMILES string of the molecule is CC(=CC(=O)O)CC(=O)O.CC(=CC(=O)O)CC(=O)O. The Morgan fingerprint density at radius 1 is 0.700 bits per heavy atom. The van der Waals surface area contributed by atoms with E-state index >= 15 is 0 Å². The highest BCUT2D eigenvalue weighted by Crippen LogP contribution is 1.98. The Labute approximate surface area is 114 Å². The Bertz CT molecular complexity index is 402. The zero-order valence-electron chi connectivity index (χ0n) is 11.0. The highest BCUT2D eigenvalue weighted by Gasteiger charge is 2.00. The maximum atomic E-state index is 9.96. The molecule has 0 fully saturated rings. The molecular formula is C12H16O8. The van der Waals surface area contributed by atoms with Crippen molar-refractivity contribution in [2.75, 3.05) is 0 Å². The van der Waals surface area contributed by atoms with E-state index in [0.29, 0.717) is 11.1 Å². The second-order valence-electron chi connectivity index (χ2n) is 3.80. The van der Waals surface area contributed by atoms with Crippen molar-refractivity contribution in [2.45, 2.75) is 26.7 Å². The monoisotopic (exact) mass is 288 g/mol. The molecule has 0 radical (unpaired) electrons. The molecule has 0 atom stereocenters. The summed E-state index contributed by atoms with van der Waals surface area (Å²) in [6, 6.07) is 0. The van der Waals surface area contributed by atoms with Gasteiger partial charge in [-0.25, -0.2) is 9.59 Å². The van der Waals surface area contributed by atoms with Crippen molar-refractivity contribution in [3.63, 3.8) is 0 Å². The summed E-state index contributed by atoms with van der Waals surface area (Å²) in [6.45, 7) is 2.92. The van der Waals surface area contributed by atoms with E-state index in [2.05, 4.69) is 0 Å². The molecule has 0 rings (SSSR count). The van der Waals surface area contributed by atoms with Gasteiger partial charge in [-0.15, -0.1) is 0 Å². The van der Waals surface area contributed by atoms with Crippen molar-refractivity contribution >= 4 is 23.9 Å². The molecule has 0 bridgehead atoms. The number of hydrogen-bond acceptors (Lipinski definition) is 4. The van der Waals surface area contributed by atoms with Crippen LogP contribution >= 0.6 is 0 Å². The van der Waals surface area contributed by atoms with E-state index in [1.807, 2.05) is 0 Å². The number of carboxylic acids is 4. The van der Waals surface area contributed by atoms with E-state index in [1.165, 1.54) is 13.8 Å². The fraction of sp³-hybridized carbons (Fsp3) is 0.333. The minimum absolute atomic E-state index is 0.216. The highest BCUT2D eigenvalue weighted by atomic mass is 16.4. The summed E-state index contributed by atoms with van der Waals surface area (Å²) < 4.78 is 0. The van der Waals surface area contributed by atoms with Crippen molar-refractivity contribution in [3.05, 3.63) is 23.3 Å². The predicted molar refractivity (Wildman–Crippen MR) is 67.3 cm³/mol. The molecule has 0 spiro atoms. The first-order chi connectivity index (χ1) is 9.04. The second-order valence-corrected chi connectivity index (χ2v) is 3.80. The summed E-state index contributed by atoms with van der Waals surface area (Å²) in [7, 11) is 0. The first-order valence-electron chi connectivity index (χ1n) is 5.28. The lowest BCUT2D eigenvalue weighted by atomic mass is 10.2. The fourth-order valence-corrected chi connectivity index (χ4v) is 1.00. The van der Waals surface area contributed by atoms with Gasteiger partial charge in [0, 0.05) is 12.2 Å². The van der Waals surface area contributed by atoms with Gasteiger partial charge < -0.3 is 20.4 Å². The number of carboxylic acid groups (broad SMARTS) is 4. The third-order valence-electron chi connectivity index (χ3n) is 1.60. The average Bonchev–Trinajstić information content (AvgIpc) is 2.11. The zero-order valence-corrected chi connectivity index (χ0v) is 11.0. The van der Waals surface area contributed by atoms with E-state index in [0.717, 1.165) is 12.2 Å². The van der Waals surface area contributed by atoms with Crippen LogP contribution in [0.4, 0.5) is 0 Å². The first-order valence-corrected chi connectivity index (χ1v) is 5.28.